The van der Waals surface area contributed by atoms with Gasteiger partial charge < -0.3 is 19.5 Å². The van der Waals surface area contributed by atoms with E-state index in [1.54, 1.807) is 11.8 Å². The molecule has 0 aliphatic carbocycles. The van der Waals surface area contributed by atoms with Crippen LogP contribution in [0.1, 0.15) is 38.1 Å². The lowest BCUT2D eigenvalue weighted by Gasteiger charge is -2.33. The van der Waals surface area contributed by atoms with Gasteiger partial charge in [-0.3, -0.25) is 4.79 Å². The van der Waals surface area contributed by atoms with Crippen LogP contribution in [0, 0.1) is 0 Å². The largest absolute Gasteiger partial charge is 0.465 e. The topological polar surface area (TPSA) is 97.6 Å². The van der Waals surface area contributed by atoms with Crippen LogP contribution in [0.25, 0.3) is 11.4 Å². The van der Waals surface area contributed by atoms with E-state index in [-0.39, 0.29) is 25.2 Å². The molecule has 26 heavy (non-hydrogen) atoms. The van der Waals surface area contributed by atoms with Gasteiger partial charge in [-0.1, -0.05) is 35.5 Å². The van der Waals surface area contributed by atoms with Crippen molar-refractivity contribution in [2.75, 3.05) is 19.7 Å². The van der Waals surface area contributed by atoms with Crippen molar-refractivity contribution in [2.24, 2.45) is 0 Å². The van der Waals surface area contributed by atoms with Crippen LogP contribution in [0.2, 0.25) is 0 Å². The molecule has 1 aliphatic heterocycles. The van der Waals surface area contributed by atoms with E-state index in [9.17, 15) is 9.59 Å². The molecule has 1 unspecified atom stereocenters. The van der Waals surface area contributed by atoms with Crippen LogP contribution in [0.4, 0.5) is 4.79 Å². The average molecular weight is 358 g/mol. The van der Waals surface area contributed by atoms with Crippen LogP contribution in [-0.2, 0) is 9.53 Å². The lowest BCUT2D eigenvalue weighted by molar-refractivity contribution is -0.141. The van der Waals surface area contributed by atoms with Crippen LogP contribution in [-0.4, -0.2) is 46.7 Å². The Kier molecular flexibility index (Phi) is 5.83. The van der Waals surface area contributed by atoms with Gasteiger partial charge in [-0.25, -0.2) is 4.79 Å². The summed E-state index contributed by atoms with van der Waals surface area (Å²) in [6.07, 6.45) is 2.60. The Bertz CT molecular complexity index is 747. The fourth-order valence-corrected chi connectivity index (χ4v) is 2.97. The number of urea groups is 1. The van der Waals surface area contributed by atoms with Crippen molar-refractivity contribution in [3.8, 4) is 11.4 Å². The summed E-state index contributed by atoms with van der Waals surface area (Å²) >= 11 is 0. The van der Waals surface area contributed by atoms with Gasteiger partial charge in [0.25, 0.3) is 0 Å². The van der Waals surface area contributed by atoms with Crippen molar-refractivity contribution in [3.05, 3.63) is 36.2 Å². The van der Waals surface area contributed by atoms with E-state index >= 15 is 0 Å². The third-order valence-corrected chi connectivity index (χ3v) is 4.21. The molecule has 0 bridgehead atoms. The zero-order valence-corrected chi connectivity index (χ0v) is 14.7. The average Bonchev–Trinajstić information content (AvgIpc) is 3.17. The molecule has 2 aromatic rings. The standard InChI is InChI=1S/C18H22N4O4/c1-2-25-15(23)12-19-18(24)22-11-7-6-10-14(22)17-20-16(21-26-17)13-8-4-3-5-9-13/h3-5,8-9,14H,2,6-7,10-12H2,1H3,(H,19,24). The number of benzene rings is 1. The second kappa shape index (κ2) is 8.46. The molecule has 8 nitrogen and oxygen atoms in total. The highest BCUT2D eigenvalue weighted by atomic mass is 16.5. The summed E-state index contributed by atoms with van der Waals surface area (Å²) in [5.74, 6) is 0.450. The van der Waals surface area contributed by atoms with Gasteiger partial charge in [0.05, 0.1) is 6.61 Å². The monoisotopic (exact) mass is 358 g/mol. The first kappa shape index (κ1) is 17.9. The quantitative estimate of drug-likeness (QED) is 0.825. The normalized spacial score (nSPS) is 17.0. The van der Waals surface area contributed by atoms with E-state index in [0.29, 0.717) is 18.3 Å². The first-order valence-corrected chi connectivity index (χ1v) is 8.78. The first-order valence-electron chi connectivity index (χ1n) is 8.78. The van der Waals surface area contributed by atoms with Gasteiger partial charge in [0.2, 0.25) is 11.7 Å². The van der Waals surface area contributed by atoms with E-state index in [1.165, 1.54) is 0 Å². The van der Waals surface area contributed by atoms with Gasteiger partial charge in [0.15, 0.2) is 0 Å². The molecule has 3 rings (SSSR count). The Balaban J connectivity index is 1.70. The number of amides is 2. The highest BCUT2D eigenvalue weighted by molar-refractivity contribution is 5.81. The fraction of sp³-hybridized carbons (Fsp3) is 0.444. The third-order valence-electron chi connectivity index (χ3n) is 4.21. The van der Waals surface area contributed by atoms with E-state index in [2.05, 4.69) is 15.5 Å². The van der Waals surface area contributed by atoms with E-state index < -0.39 is 5.97 Å². The summed E-state index contributed by atoms with van der Waals surface area (Å²) in [6, 6.07) is 8.90. The minimum atomic E-state index is -0.460. The second-order valence-electron chi connectivity index (χ2n) is 5.99. The van der Waals surface area contributed by atoms with Crippen LogP contribution in [0.3, 0.4) is 0 Å². The SMILES string of the molecule is CCOC(=O)CNC(=O)N1CCCCC1c1nc(-c2ccccc2)no1. The summed E-state index contributed by atoms with van der Waals surface area (Å²) < 4.78 is 10.3. The van der Waals surface area contributed by atoms with E-state index in [0.717, 1.165) is 24.8 Å². The Hall–Kier alpha value is -2.90. The number of rotatable bonds is 5. The van der Waals surface area contributed by atoms with Gasteiger partial charge in [-0.15, -0.1) is 0 Å². The molecule has 1 aromatic heterocycles. The summed E-state index contributed by atoms with van der Waals surface area (Å²) in [4.78, 5) is 30.0. The zero-order chi connectivity index (χ0) is 18.4. The fourth-order valence-electron chi connectivity index (χ4n) is 2.97. The van der Waals surface area contributed by atoms with Crippen molar-refractivity contribution >= 4 is 12.0 Å². The predicted molar refractivity (Wildman–Crippen MR) is 93.1 cm³/mol. The van der Waals surface area contributed by atoms with Gasteiger partial charge in [0.1, 0.15) is 12.6 Å². The number of ether oxygens (including phenoxy) is 1. The molecule has 0 radical (unpaired) electrons. The number of hydrogen-bond acceptors (Lipinski definition) is 6. The molecule has 8 heteroatoms. The summed E-state index contributed by atoms with van der Waals surface area (Å²) in [5.41, 5.74) is 0.858. The van der Waals surface area contributed by atoms with Crippen LogP contribution >= 0.6 is 0 Å². The van der Waals surface area contributed by atoms with Crippen molar-refractivity contribution < 1.29 is 18.8 Å². The first-order chi connectivity index (χ1) is 12.7. The summed E-state index contributed by atoms with van der Waals surface area (Å²) in [6.45, 7) is 2.42. The number of nitrogens with one attached hydrogen (secondary N) is 1. The summed E-state index contributed by atoms with van der Waals surface area (Å²) in [7, 11) is 0. The molecule has 1 saturated heterocycles. The number of carbonyl (C=O) groups is 2. The molecule has 2 heterocycles. The van der Waals surface area contributed by atoms with Gasteiger partial charge in [0, 0.05) is 12.1 Å². The minimum absolute atomic E-state index is 0.158. The molecule has 1 fully saturated rings. The molecule has 0 spiro atoms. The Morgan fingerprint density at radius 3 is 2.88 bits per heavy atom. The van der Waals surface area contributed by atoms with Crippen molar-refractivity contribution in [1.29, 1.82) is 0 Å². The number of carbonyl (C=O) groups excluding carboxylic acids is 2. The van der Waals surface area contributed by atoms with Crippen LogP contribution in [0.5, 0.6) is 0 Å². The number of piperidine rings is 1. The maximum Gasteiger partial charge on any atom is 0.325 e. The van der Waals surface area contributed by atoms with Gasteiger partial charge >= 0.3 is 12.0 Å². The van der Waals surface area contributed by atoms with Gasteiger partial charge in [-0.05, 0) is 26.2 Å². The molecule has 1 aliphatic rings. The van der Waals surface area contributed by atoms with Crippen molar-refractivity contribution in [2.45, 2.75) is 32.2 Å². The lowest BCUT2D eigenvalue weighted by atomic mass is 10.0. The Morgan fingerprint density at radius 1 is 1.31 bits per heavy atom. The molecule has 1 aromatic carbocycles. The second-order valence-corrected chi connectivity index (χ2v) is 5.99. The number of likely N-dealkylation sites (tertiary alicyclic amines) is 1. The minimum Gasteiger partial charge on any atom is -0.465 e. The van der Waals surface area contributed by atoms with Crippen molar-refractivity contribution in [1.82, 2.24) is 20.4 Å². The smallest absolute Gasteiger partial charge is 0.325 e. The molecule has 138 valence electrons. The Labute approximate surface area is 151 Å². The van der Waals surface area contributed by atoms with E-state index in [1.807, 2.05) is 30.3 Å². The maximum atomic E-state index is 12.5. The molecule has 1 atom stereocenters. The Morgan fingerprint density at radius 2 is 2.12 bits per heavy atom. The lowest BCUT2D eigenvalue weighted by Crippen LogP contribution is -2.46. The molecule has 2 amide bonds. The predicted octanol–water partition coefficient (Wildman–Crippen LogP) is 2.54. The van der Waals surface area contributed by atoms with Crippen molar-refractivity contribution in [3.63, 3.8) is 0 Å². The number of nitrogens with zero attached hydrogens (tertiary/aromatic N) is 3. The van der Waals surface area contributed by atoms with Gasteiger partial charge in [-0.2, -0.15) is 4.98 Å². The zero-order valence-electron chi connectivity index (χ0n) is 14.7. The van der Waals surface area contributed by atoms with Crippen LogP contribution < -0.4 is 5.32 Å². The number of hydrogen-bond donors (Lipinski definition) is 1. The summed E-state index contributed by atoms with van der Waals surface area (Å²) in [5, 5.41) is 6.63. The molecular formula is C18H22N4O4. The molecule has 1 N–H and O–H groups in total. The number of aromatic nitrogens is 2. The highest BCUT2D eigenvalue weighted by Crippen LogP contribution is 2.31. The number of esters is 1. The van der Waals surface area contributed by atoms with Crippen LogP contribution in [0.15, 0.2) is 34.9 Å². The molecular weight excluding hydrogens is 336 g/mol. The maximum absolute atomic E-state index is 12.5. The van der Waals surface area contributed by atoms with E-state index in [4.69, 9.17) is 9.26 Å². The third kappa shape index (κ3) is 4.19. The molecule has 0 saturated carbocycles. The highest BCUT2D eigenvalue weighted by Gasteiger charge is 2.32.